The van der Waals surface area contributed by atoms with Gasteiger partial charge in [0.1, 0.15) is 0 Å². The lowest BCUT2D eigenvalue weighted by Crippen LogP contribution is -2.42. The number of carbonyl (C=O) groups excluding carboxylic acids is 2. The van der Waals surface area contributed by atoms with Crippen molar-refractivity contribution in [3.05, 3.63) is 28.8 Å². The van der Waals surface area contributed by atoms with Crippen molar-refractivity contribution in [2.75, 3.05) is 11.4 Å². The fourth-order valence-electron chi connectivity index (χ4n) is 4.50. The van der Waals surface area contributed by atoms with Crippen LogP contribution in [0.15, 0.2) is 12.1 Å². The molecular weight excluding hydrogens is 344 g/mol. The largest absolute Gasteiger partial charge is 0.481 e. The summed E-state index contributed by atoms with van der Waals surface area (Å²) >= 11 is 0. The highest BCUT2D eigenvalue weighted by molar-refractivity contribution is 6.01. The Labute approximate surface area is 159 Å². The number of benzene rings is 1. The molecule has 0 aromatic heterocycles. The second-order valence-electron chi connectivity index (χ2n) is 8.05. The van der Waals surface area contributed by atoms with E-state index in [-0.39, 0.29) is 36.1 Å². The Balaban J connectivity index is 1.62. The van der Waals surface area contributed by atoms with Gasteiger partial charge in [-0.2, -0.15) is 0 Å². The van der Waals surface area contributed by atoms with Crippen LogP contribution in [0.4, 0.5) is 5.69 Å². The monoisotopic (exact) mass is 372 g/mol. The molecule has 1 aromatic rings. The van der Waals surface area contributed by atoms with Gasteiger partial charge >= 0.3 is 5.97 Å². The zero-order valence-electron chi connectivity index (χ0n) is 16.2. The highest BCUT2D eigenvalue weighted by Crippen LogP contribution is 2.32. The van der Waals surface area contributed by atoms with Crippen molar-refractivity contribution in [2.24, 2.45) is 11.8 Å². The number of aryl methyl sites for hydroxylation is 3. The van der Waals surface area contributed by atoms with Crippen molar-refractivity contribution < 1.29 is 19.5 Å². The van der Waals surface area contributed by atoms with Gasteiger partial charge < -0.3 is 15.3 Å². The van der Waals surface area contributed by atoms with Crippen LogP contribution >= 0.6 is 0 Å². The molecule has 6 nitrogen and oxygen atoms in total. The number of nitrogens with one attached hydrogen (secondary N) is 1. The predicted octanol–water partition coefficient (Wildman–Crippen LogP) is 2.72. The topological polar surface area (TPSA) is 86.7 Å². The number of aliphatic carboxylic acids is 1. The van der Waals surface area contributed by atoms with Crippen LogP contribution in [-0.4, -0.2) is 35.5 Å². The van der Waals surface area contributed by atoms with Gasteiger partial charge in [0.2, 0.25) is 11.8 Å². The molecule has 1 heterocycles. The standard InChI is InChI=1S/C21H28N2O4/c1-12-8-13(2)19(14(3)9-12)23-11-16(10-18(23)24)20(25)22-17-6-4-15(5-7-17)21(26)27/h8-9,15-17H,4-7,10-11H2,1-3H3,(H,22,25)(H,26,27). The summed E-state index contributed by atoms with van der Waals surface area (Å²) in [5.74, 6) is -1.50. The normalized spacial score (nSPS) is 25.5. The molecule has 2 fully saturated rings. The van der Waals surface area contributed by atoms with Gasteiger partial charge in [0.05, 0.1) is 11.8 Å². The van der Waals surface area contributed by atoms with E-state index in [0.29, 0.717) is 32.2 Å². The number of amides is 2. The van der Waals surface area contributed by atoms with E-state index in [1.54, 1.807) is 4.90 Å². The number of hydrogen-bond acceptors (Lipinski definition) is 3. The first-order valence-electron chi connectivity index (χ1n) is 9.67. The van der Waals surface area contributed by atoms with Crippen LogP contribution in [0.1, 0.15) is 48.8 Å². The molecule has 27 heavy (non-hydrogen) atoms. The molecule has 0 bridgehead atoms. The molecule has 1 aromatic carbocycles. The lowest BCUT2D eigenvalue weighted by atomic mass is 9.86. The number of anilines is 1. The van der Waals surface area contributed by atoms with E-state index in [2.05, 4.69) is 17.4 Å². The van der Waals surface area contributed by atoms with Crippen LogP contribution in [0.3, 0.4) is 0 Å². The SMILES string of the molecule is Cc1cc(C)c(N2CC(C(=O)NC3CCC(C(=O)O)CC3)CC2=O)c(C)c1. The maximum atomic E-state index is 12.7. The Morgan fingerprint density at radius 2 is 1.63 bits per heavy atom. The molecule has 1 aliphatic carbocycles. The summed E-state index contributed by atoms with van der Waals surface area (Å²) in [6.45, 7) is 6.43. The molecule has 1 unspecified atom stereocenters. The quantitative estimate of drug-likeness (QED) is 0.851. The third kappa shape index (κ3) is 4.15. The van der Waals surface area contributed by atoms with Crippen LogP contribution in [0, 0.1) is 32.6 Å². The maximum absolute atomic E-state index is 12.7. The lowest BCUT2D eigenvalue weighted by molar-refractivity contribution is -0.142. The van der Waals surface area contributed by atoms with Crippen molar-refractivity contribution in [1.29, 1.82) is 0 Å². The average Bonchev–Trinajstić information content (AvgIpc) is 2.96. The van der Waals surface area contributed by atoms with E-state index in [1.165, 1.54) is 0 Å². The molecule has 0 radical (unpaired) electrons. The number of nitrogens with zero attached hydrogens (tertiary/aromatic N) is 1. The molecular formula is C21H28N2O4. The van der Waals surface area contributed by atoms with E-state index in [4.69, 9.17) is 5.11 Å². The second kappa shape index (κ2) is 7.71. The summed E-state index contributed by atoms with van der Waals surface area (Å²) < 4.78 is 0. The van der Waals surface area contributed by atoms with Crippen molar-refractivity contribution in [1.82, 2.24) is 5.32 Å². The number of hydrogen-bond donors (Lipinski definition) is 2. The van der Waals surface area contributed by atoms with Crippen molar-refractivity contribution in [3.63, 3.8) is 0 Å². The second-order valence-corrected chi connectivity index (χ2v) is 8.05. The summed E-state index contributed by atoms with van der Waals surface area (Å²) in [7, 11) is 0. The van der Waals surface area contributed by atoms with Crippen molar-refractivity contribution in [2.45, 2.75) is 58.9 Å². The summed E-state index contributed by atoms with van der Waals surface area (Å²) in [5, 5.41) is 12.1. The first-order chi connectivity index (χ1) is 12.8. The summed E-state index contributed by atoms with van der Waals surface area (Å²) in [4.78, 5) is 38.0. The number of carboxylic acid groups (broad SMARTS) is 1. The fourth-order valence-corrected chi connectivity index (χ4v) is 4.50. The van der Waals surface area contributed by atoms with Gasteiger partial charge in [0, 0.05) is 24.7 Å². The maximum Gasteiger partial charge on any atom is 0.306 e. The number of carbonyl (C=O) groups is 3. The van der Waals surface area contributed by atoms with E-state index >= 15 is 0 Å². The van der Waals surface area contributed by atoms with Crippen LogP contribution in [-0.2, 0) is 14.4 Å². The molecule has 6 heteroatoms. The Hall–Kier alpha value is -2.37. The highest BCUT2D eigenvalue weighted by Gasteiger charge is 2.37. The fraction of sp³-hybridized carbons (Fsp3) is 0.571. The first kappa shape index (κ1) is 19.4. The van der Waals surface area contributed by atoms with Crippen LogP contribution in [0.25, 0.3) is 0 Å². The molecule has 0 spiro atoms. The van der Waals surface area contributed by atoms with Crippen molar-refractivity contribution >= 4 is 23.5 Å². The minimum absolute atomic E-state index is 0.0140. The van der Waals surface area contributed by atoms with Gasteiger partial charge in [0.25, 0.3) is 0 Å². The predicted molar refractivity (Wildman–Crippen MR) is 103 cm³/mol. The number of carboxylic acids is 1. The molecule has 2 N–H and O–H groups in total. The minimum Gasteiger partial charge on any atom is -0.481 e. The molecule has 3 rings (SSSR count). The van der Waals surface area contributed by atoms with Gasteiger partial charge in [-0.3, -0.25) is 14.4 Å². The van der Waals surface area contributed by atoms with E-state index in [1.807, 2.05) is 20.8 Å². The summed E-state index contributed by atoms with van der Waals surface area (Å²) in [6, 6.07) is 4.13. The zero-order chi connectivity index (χ0) is 19.7. The van der Waals surface area contributed by atoms with E-state index in [9.17, 15) is 14.4 Å². The Morgan fingerprint density at radius 3 is 2.19 bits per heavy atom. The van der Waals surface area contributed by atoms with Crippen LogP contribution in [0.5, 0.6) is 0 Å². The number of rotatable bonds is 4. The first-order valence-corrected chi connectivity index (χ1v) is 9.67. The van der Waals surface area contributed by atoms with Gasteiger partial charge in [0.15, 0.2) is 0 Å². The molecule has 146 valence electrons. The Morgan fingerprint density at radius 1 is 1.04 bits per heavy atom. The summed E-state index contributed by atoms with van der Waals surface area (Å²) in [6.07, 6.45) is 2.78. The van der Waals surface area contributed by atoms with E-state index < -0.39 is 5.97 Å². The molecule has 2 amide bonds. The van der Waals surface area contributed by atoms with Gasteiger partial charge in [-0.05, 0) is 57.6 Å². The Kier molecular flexibility index (Phi) is 5.53. The molecule has 1 saturated carbocycles. The van der Waals surface area contributed by atoms with Gasteiger partial charge in [-0.15, -0.1) is 0 Å². The molecule has 1 saturated heterocycles. The third-order valence-corrected chi connectivity index (χ3v) is 5.82. The van der Waals surface area contributed by atoms with Gasteiger partial charge in [-0.25, -0.2) is 0 Å². The molecule has 1 aliphatic heterocycles. The molecule has 2 aliphatic rings. The average molecular weight is 372 g/mol. The Bertz CT molecular complexity index is 742. The van der Waals surface area contributed by atoms with Crippen LogP contribution in [0.2, 0.25) is 0 Å². The summed E-state index contributed by atoms with van der Waals surface area (Å²) in [5.41, 5.74) is 4.18. The third-order valence-electron chi connectivity index (χ3n) is 5.82. The van der Waals surface area contributed by atoms with Crippen molar-refractivity contribution in [3.8, 4) is 0 Å². The molecule has 1 atom stereocenters. The zero-order valence-corrected chi connectivity index (χ0v) is 16.2. The van der Waals surface area contributed by atoms with Gasteiger partial charge in [-0.1, -0.05) is 17.7 Å². The van der Waals surface area contributed by atoms with E-state index in [0.717, 1.165) is 22.4 Å². The highest BCUT2D eigenvalue weighted by atomic mass is 16.4. The smallest absolute Gasteiger partial charge is 0.306 e. The minimum atomic E-state index is -0.749. The lowest BCUT2D eigenvalue weighted by Gasteiger charge is -2.28. The van der Waals surface area contributed by atoms with Crippen LogP contribution < -0.4 is 10.2 Å².